The molecule has 0 radical (unpaired) electrons. The van der Waals surface area contributed by atoms with E-state index in [2.05, 4.69) is 5.10 Å². The summed E-state index contributed by atoms with van der Waals surface area (Å²) in [6.07, 6.45) is 1.15. The molecule has 0 aliphatic heterocycles. The highest BCUT2D eigenvalue weighted by molar-refractivity contribution is 7.89. The van der Waals surface area contributed by atoms with Crippen LogP contribution in [0.3, 0.4) is 0 Å². The van der Waals surface area contributed by atoms with Gasteiger partial charge in [0.1, 0.15) is 11.6 Å². The number of primary sulfonamides is 1. The van der Waals surface area contributed by atoms with Crippen LogP contribution < -0.4 is 5.14 Å². The highest BCUT2D eigenvalue weighted by Gasteiger charge is 2.18. The van der Waals surface area contributed by atoms with Crippen molar-refractivity contribution in [1.29, 1.82) is 5.26 Å². The SMILES string of the molecule is Cn1ncc(C#N)c1S(N)(=O)=O. The summed E-state index contributed by atoms with van der Waals surface area (Å²) in [5.41, 5.74) is -0.0417. The van der Waals surface area contributed by atoms with Crippen molar-refractivity contribution < 1.29 is 8.42 Å². The topological polar surface area (TPSA) is 102 Å². The molecule has 6 nitrogen and oxygen atoms in total. The normalized spacial score (nSPS) is 11.1. The maximum atomic E-state index is 10.9. The Labute approximate surface area is 69.3 Å². The fraction of sp³-hybridized carbons (Fsp3) is 0.200. The first kappa shape index (κ1) is 8.70. The van der Waals surface area contributed by atoms with Crippen molar-refractivity contribution in [3.63, 3.8) is 0 Å². The zero-order chi connectivity index (χ0) is 9.35. The highest BCUT2D eigenvalue weighted by atomic mass is 32.2. The molecule has 2 N–H and O–H groups in total. The minimum atomic E-state index is -3.85. The Bertz CT molecular complexity index is 439. The fourth-order valence-corrected chi connectivity index (χ4v) is 1.66. The first-order chi connectivity index (χ1) is 5.46. The molecule has 1 rings (SSSR count). The molecule has 12 heavy (non-hydrogen) atoms. The summed E-state index contributed by atoms with van der Waals surface area (Å²) in [7, 11) is -2.45. The number of hydrogen-bond acceptors (Lipinski definition) is 4. The molecule has 0 aliphatic rings. The molecule has 7 heteroatoms. The molecule has 0 bridgehead atoms. The van der Waals surface area contributed by atoms with E-state index in [4.69, 9.17) is 10.4 Å². The second-order valence-corrected chi connectivity index (χ2v) is 3.62. The maximum absolute atomic E-state index is 10.9. The zero-order valence-electron chi connectivity index (χ0n) is 6.22. The average molecular weight is 186 g/mol. The van der Waals surface area contributed by atoms with Crippen LogP contribution in [0.5, 0.6) is 0 Å². The lowest BCUT2D eigenvalue weighted by atomic mass is 10.4. The van der Waals surface area contributed by atoms with E-state index in [1.807, 2.05) is 0 Å². The number of aryl methyl sites for hydroxylation is 1. The Morgan fingerprint density at radius 1 is 1.75 bits per heavy atom. The lowest BCUT2D eigenvalue weighted by Gasteiger charge is -1.97. The standard InChI is InChI=1S/C5H6N4O2S/c1-9-5(12(7,10)11)4(2-6)3-8-9/h3H,1H3,(H2,7,10,11). The van der Waals surface area contributed by atoms with Crippen LogP contribution in [-0.4, -0.2) is 18.2 Å². The molecule has 0 saturated heterocycles. The molecule has 64 valence electrons. The summed E-state index contributed by atoms with van der Waals surface area (Å²) in [5, 5.41) is 16.6. The summed E-state index contributed by atoms with van der Waals surface area (Å²) in [6, 6.07) is 1.68. The lowest BCUT2D eigenvalue weighted by Crippen LogP contribution is -2.17. The summed E-state index contributed by atoms with van der Waals surface area (Å²) in [5.74, 6) is 0. The van der Waals surface area contributed by atoms with Gasteiger partial charge in [-0.1, -0.05) is 0 Å². The number of nitrogens with zero attached hydrogens (tertiary/aromatic N) is 3. The average Bonchev–Trinajstić information content (AvgIpc) is 2.29. The molecule has 0 atom stereocenters. The van der Waals surface area contributed by atoms with E-state index in [1.165, 1.54) is 7.05 Å². The third-order valence-electron chi connectivity index (χ3n) is 1.27. The van der Waals surface area contributed by atoms with Gasteiger partial charge in [0.05, 0.1) is 6.20 Å². The van der Waals surface area contributed by atoms with Gasteiger partial charge in [0.15, 0.2) is 5.03 Å². The largest absolute Gasteiger partial charge is 0.256 e. The van der Waals surface area contributed by atoms with Gasteiger partial charge in [0.2, 0.25) is 0 Å². The monoisotopic (exact) mass is 186 g/mol. The predicted molar refractivity (Wildman–Crippen MR) is 39.3 cm³/mol. The van der Waals surface area contributed by atoms with Crippen LogP contribution in [0.2, 0.25) is 0 Å². The van der Waals surface area contributed by atoms with Crippen molar-refractivity contribution >= 4 is 10.0 Å². The Hall–Kier alpha value is -1.39. The summed E-state index contributed by atoms with van der Waals surface area (Å²) < 4.78 is 22.8. The van der Waals surface area contributed by atoms with Crippen molar-refractivity contribution in [2.24, 2.45) is 12.2 Å². The van der Waals surface area contributed by atoms with Gasteiger partial charge in [0, 0.05) is 7.05 Å². The van der Waals surface area contributed by atoms with Crippen molar-refractivity contribution in [3.05, 3.63) is 11.8 Å². The van der Waals surface area contributed by atoms with E-state index in [9.17, 15) is 8.42 Å². The van der Waals surface area contributed by atoms with Gasteiger partial charge in [0.25, 0.3) is 10.0 Å². The number of aromatic nitrogens is 2. The number of nitriles is 1. The third kappa shape index (κ3) is 1.30. The second kappa shape index (κ2) is 2.58. The quantitative estimate of drug-likeness (QED) is 0.603. The van der Waals surface area contributed by atoms with E-state index in [0.717, 1.165) is 10.9 Å². The van der Waals surface area contributed by atoms with Crippen molar-refractivity contribution in [2.75, 3.05) is 0 Å². The molecule has 0 fully saturated rings. The van der Waals surface area contributed by atoms with Gasteiger partial charge < -0.3 is 0 Å². The van der Waals surface area contributed by atoms with E-state index >= 15 is 0 Å². The van der Waals surface area contributed by atoms with Crippen LogP contribution in [-0.2, 0) is 17.1 Å². The molecule has 0 aromatic carbocycles. The van der Waals surface area contributed by atoms with Crippen LogP contribution in [0, 0.1) is 11.3 Å². The van der Waals surface area contributed by atoms with Gasteiger partial charge in [-0.15, -0.1) is 0 Å². The first-order valence-corrected chi connectivity index (χ1v) is 4.46. The minimum Gasteiger partial charge on any atom is -0.255 e. The minimum absolute atomic E-state index is 0.0417. The molecular formula is C5H6N4O2S. The molecule has 0 saturated carbocycles. The van der Waals surface area contributed by atoms with Gasteiger partial charge in [-0.3, -0.25) is 4.68 Å². The zero-order valence-corrected chi connectivity index (χ0v) is 7.04. The molecule has 0 unspecified atom stereocenters. The van der Waals surface area contributed by atoms with Crippen LogP contribution >= 0.6 is 0 Å². The van der Waals surface area contributed by atoms with Gasteiger partial charge in [-0.05, 0) is 0 Å². The van der Waals surface area contributed by atoms with Gasteiger partial charge in [-0.25, -0.2) is 13.6 Å². The van der Waals surface area contributed by atoms with Crippen molar-refractivity contribution in [1.82, 2.24) is 9.78 Å². The van der Waals surface area contributed by atoms with E-state index < -0.39 is 10.0 Å². The van der Waals surface area contributed by atoms with Gasteiger partial charge in [-0.2, -0.15) is 10.4 Å². The van der Waals surface area contributed by atoms with E-state index in [1.54, 1.807) is 6.07 Å². The van der Waals surface area contributed by atoms with Crippen LogP contribution in [0.15, 0.2) is 11.2 Å². The lowest BCUT2D eigenvalue weighted by molar-refractivity contribution is 0.578. The Balaban J connectivity index is 3.53. The smallest absolute Gasteiger partial charge is 0.255 e. The Kier molecular flexibility index (Phi) is 1.87. The molecule has 0 aliphatic carbocycles. The van der Waals surface area contributed by atoms with E-state index in [-0.39, 0.29) is 10.6 Å². The van der Waals surface area contributed by atoms with E-state index in [0.29, 0.717) is 0 Å². The molecular weight excluding hydrogens is 180 g/mol. The Morgan fingerprint density at radius 2 is 2.33 bits per heavy atom. The fourth-order valence-electron chi connectivity index (χ4n) is 0.840. The first-order valence-electron chi connectivity index (χ1n) is 2.91. The molecule has 1 aromatic rings. The number of nitrogens with two attached hydrogens (primary N) is 1. The van der Waals surface area contributed by atoms with Crippen molar-refractivity contribution in [2.45, 2.75) is 5.03 Å². The summed E-state index contributed by atoms with van der Waals surface area (Å²) >= 11 is 0. The predicted octanol–water partition coefficient (Wildman–Crippen LogP) is -1.06. The van der Waals surface area contributed by atoms with Crippen LogP contribution in [0.4, 0.5) is 0 Å². The number of rotatable bonds is 1. The van der Waals surface area contributed by atoms with Gasteiger partial charge >= 0.3 is 0 Å². The van der Waals surface area contributed by atoms with Crippen molar-refractivity contribution in [3.8, 4) is 6.07 Å². The summed E-state index contributed by atoms with van der Waals surface area (Å²) in [6.45, 7) is 0. The van der Waals surface area contributed by atoms with Crippen LogP contribution in [0.25, 0.3) is 0 Å². The summed E-state index contributed by atoms with van der Waals surface area (Å²) in [4.78, 5) is 0. The molecule has 1 aromatic heterocycles. The Morgan fingerprint density at radius 3 is 2.67 bits per heavy atom. The van der Waals surface area contributed by atoms with Crippen LogP contribution in [0.1, 0.15) is 5.56 Å². The third-order valence-corrected chi connectivity index (χ3v) is 2.30. The highest BCUT2D eigenvalue weighted by Crippen LogP contribution is 2.10. The molecule has 0 amide bonds. The number of hydrogen-bond donors (Lipinski definition) is 1. The maximum Gasteiger partial charge on any atom is 0.256 e. The molecule has 0 spiro atoms. The molecule has 1 heterocycles. The number of sulfonamides is 1. The second-order valence-electron chi connectivity index (χ2n) is 2.14.